The molecule has 182 valence electrons. The van der Waals surface area contributed by atoms with E-state index in [9.17, 15) is 0 Å². The van der Waals surface area contributed by atoms with Crippen molar-refractivity contribution in [2.24, 2.45) is 0 Å². The Morgan fingerprint density at radius 2 is 1.60 bits per heavy atom. The highest BCUT2D eigenvalue weighted by Crippen LogP contribution is 2.42. The van der Waals surface area contributed by atoms with Crippen LogP contribution < -0.4 is 4.90 Å². The number of piperazine rings is 1. The molecule has 2 aliphatic rings. The minimum atomic E-state index is -0.0581. The molecule has 1 saturated heterocycles. The van der Waals surface area contributed by atoms with Crippen LogP contribution in [0.2, 0.25) is 0 Å². The summed E-state index contributed by atoms with van der Waals surface area (Å²) in [5.74, 6) is 1.17. The topological polar surface area (TPSA) is 28.6 Å². The zero-order valence-corrected chi connectivity index (χ0v) is 21.6. The molecule has 6 heteroatoms. The van der Waals surface area contributed by atoms with E-state index in [1.807, 2.05) is 0 Å². The van der Waals surface area contributed by atoms with Gasteiger partial charge >= 0.3 is 0 Å². The molecule has 35 heavy (non-hydrogen) atoms. The van der Waals surface area contributed by atoms with E-state index in [0.717, 1.165) is 58.8 Å². The molecule has 4 aromatic rings. The number of hydrogen-bond acceptors (Lipinski definition) is 5. The van der Waals surface area contributed by atoms with Crippen molar-refractivity contribution < 1.29 is 4.74 Å². The van der Waals surface area contributed by atoms with Gasteiger partial charge in [-0.25, -0.2) is 0 Å². The molecule has 0 aliphatic carbocycles. The van der Waals surface area contributed by atoms with Crippen LogP contribution in [0, 0.1) is 0 Å². The van der Waals surface area contributed by atoms with E-state index in [0.29, 0.717) is 0 Å². The molecular formula is C29H32ClN3OS. The van der Waals surface area contributed by atoms with Crippen LogP contribution in [0.4, 0.5) is 5.82 Å². The number of anilines is 1. The lowest BCUT2D eigenvalue weighted by atomic mass is 9.69. The lowest BCUT2D eigenvalue weighted by Crippen LogP contribution is -2.47. The zero-order valence-electron chi connectivity index (χ0n) is 19.9. The SMILES string of the molecule is Cl.c1ccc(C2(CCCN3CCN(c4nsc5ccccc45)CC3)COCc3ccccc32)cc1. The van der Waals surface area contributed by atoms with E-state index in [-0.39, 0.29) is 17.8 Å². The van der Waals surface area contributed by atoms with Crippen LogP contribution in [0.3, 0.4) is 0 Å². The standard InChI is InChI=1S/C29H31N3OS.ClH/c1-2-10-24(11-3-1)29(22-33-21-23-9-4-6-13-26(23)29)15-8-16-31-17-19-32(20-18-31)28-25-12-5-7-14-27(25)34-30-28;/h1-7,9-14H,8,15-22H2;1H. The van der Waals surface area contributed by atoms with Gasteiger partial charge in [-0.15, -0.1) is 12.4 Å². The van der Waals surface area contributed by atoms with Gasteiger partial charge in [0.2, 0.25) is 0 Å². The van der Waals surface area contributed by atoms with E-state index in [1.165, 1.54) is 32.6 Å². The van der Waals surface area contributed by atoms with Crippen molar-refractivity contribution in [2.45, 2.75) is 24.9 Å². The van der Waals surface area contributed by atoms with Gasteiger partial charge in [0.05, 0.1) is 17.9 Å². The smallest absolute Gasteiger partial charge is 0.150 e. The summed E-state index contributed by atoms with van der Waals surface area (Å²) in [6.07, 6.45) is 2.26. The van der Waals surface area contributed by atoms with Gasteiger partial charge in [-0.3, -0.25) is 4.90 Å². The summed E-state index contributed by atoms with van der Waals surface area (Å²) in [5.41, 5.74) is 4.11. The van der Waals surface area contributed by atoms with Crippen molar-refractivity contribution >= 4 is 39.8 Å². The second-order valence-corrected chi connectivity index (χ2v) is 10.3. The molecule has 0 bridgehead atoms. The Labute approximate surface area is 218 Å². The maximum Gasteiger partial charge on any atom is 0.150 e. The summed E-state index contributed by atoms with van der Waals surface area (Å²) in [7, 11) is 0. The van der Waals surface area contributed by atoms with Crippen molar-refractivity contribution in [3.8, 4) is 0 Å². The molecule has 3 aromatic carbocycles. The van der Waals surface area contributed by atoms with Crippen molar-refractivity contribution in [3.05, 3.63) is 95.6 Å². The Kier molecular flexibility index (Phi) is 7.40. The molecule has 2 aliphatic heterocycles. The fraction of sp³-hybridized carbons (Fsp3) is 0.345. The van der Waals surface area contributed by atoms with Crippen LogP contribution in [-0.4, -0.2) is 48.6 Å². The molecule has 0 saturated carbocycles. The first-order valence-electron chi connectivity index (χ1n) is 12.4. The van der Waals surface area contributed by atoms with Crippen molar-refractivity contribution in [2.75, 3.05) is 44.2 Å². The van der Waals surface area contributed by atoms with E-state index < -0.39 is 0 Å². The van der Waals surface area contributed by atoms with Gasteiger partial charge in [0, 0.05) is 37.0 Å². The number of fused-ring (bicyclic) bond motifs is 2. The van der Waals surface area contributed by atoms with Crippen LogP contribution >= 0.6 is 23.9 Å². The third kappa shape index (κ3) is 4.70. The summed E-state index contributed by atoms with van der Waals surface area (Å²) in [5, 5.41) is 1.29. The maximum atomic E-state index is 6.17. The average molecular weight is 506 g/mol. The van der Waals surface area contributed by atoms with E-state index >= 15 is 0 Å². The van der Waals surface area contributed by atoms with Gasteiger partial charge in [0.1, 0.15) is 5.82 Å². The zero-order chi connectivity index (χ0) is 22.8. The number of ether oxygens (including phenoxy) is 1. The highest BCUT2D eigenvalue weighted by molar-refractivity contribution is 7.13. The van der Waals surface area contributed by atoms with Gasteiger partial charge in [0.15, 0.2) is 0 Å². The summed E-state index contributed by atoms with van der Waals surface area (Å²) < 4.78 is 12.2. The van der Waals surface area contributed by atoms with Gasteiger partial charge in [-0.1, -0.05) is 66.7 Å². The Hall–Kier alpha value is -2.44. The highest BCUT2D eigenvalue weighted by atomic mass is 35.5. The molecule has 3 heterocycles. The minimum absolute atomic E-state index is 0. The van der Waals surface area contributed by atoms with Crippen LogP contribution in [0.5, 0.6) is 0 Å². The lowest BCUT2D eigenvalue weighted by molar-refractivity contribution is 0.0599. The fourth-order valence-corrected chi connectivity index (χ4v) is 6.56. The van der Waals surface area contributed by atoms with Crippen LogP contribution in [0.25, 0.3) is 10.1 Å². The molecule has 6 rings (SSSR count). The summed E-state index contributed by atoms with van der Waals surface area (Å²) in [6, 6.07) is 28.4. The van der Waals surface area contributed by atoms with Crippen molar-refractivity contribution in [1.82, 2.24) is 9.27 Å². The third-order valence-electron chi connectivity index (χ3n) is 7.57. The first kappa shape index (κ1) is 24.3. The second-order valence-electron chi connectivity index (χ2n) is 9.53. The Balaban J connectivity index is 0.00000253. The Bertz CT molecular complexity index is 1260. The van der Waals surface area contributed by atoms with Crippen molar-refractivity contribution in [1.29, 1.82) is 0 Å². The normalized spacial score (nSPS) is 20.4. The molecule has 4 nitrogen and oxygen atoms in total. The summed E-state index contributed by atoms with van der Waals surface area (Å²) in [6.45, 7) is 6.89. The van der Waals surface area contributed by atoms with Gasteiger partial charge < -0.3 is 9.64 Å². The molecule has 0 radical (unpaired) electrons. The average Bonchev–Trinajstić information content (AvgIpc) is 3.34. The monoisotopic (exact) mass is 505 g/mol. The van der Waals surface area contributed by atoms with Gasteiger partial charge in [0.25, 0.3) is 0 Å². The quantitative estimate of drug-likeness (QED) is 0.315. The van der Waals surface area contributed by atoms with Crippen LogP contribution in [0.15, 0.2) is 78.9 Å². The Morgan fingerprint density at radius 1 is 0.857 bits per heavy atom. The van der Waals surface area contributed by atoms with Crippen molar-refractivity contribution in [3.63, 3.8) is 0 Å². The van der Waals surface area contributed by atoms with Gasteiger partial charge in [-0.2, -0.15) is 4.37 Å². The lowest BCUT2D eigenvalue weighted by Gasteiger charge is -2.41. The number of nitrogens with zero attached hydrogens (tertiary/aromatic N) is 3. The van der Waals surface area contributed by atoms with E-state index in [4.69, 9.17) is 9.11 Å². The number of hydrogen-bond donors (Lipinski definition) is 0. The predicted molar refractivity (Wildman–Crippen MR) is 148 cm³/mol. The molecule has 1 unspecified atom stereocenters. The highest BCUT2D eigenvalue weighted by Gasteiger charge is 2.38. The Morgan fingerprint density at radius 3 is 2.46 bits per heavy atom. The maximum absolute atomic E-state index is 6.17. The first-order chi connectivity index (χ1) is 16.8. The van der Waals surface area contributed by atoms with Crippen LogP contribution in [0.1, 0.15) is 29.5 Å². The largest absolute Gasteiger partial charge is 0.375 e. The number of benzene rings is 3. The molecule has 1 atom stereocenters. The first-order valence-corrected chi connectivity index (χ1v) is 13.1. The van der Waals surface area contributed by atoms with E-state index in [1.54, 1.807) is 11.5 Å². The number of aromatic nitrogens is 1. The van der Waals surface area contributed by atoms with E-state index in [2.05, 4.69) is 88.7 Å². The minimum Gasteiger partial charge on any atom is -0.375 e. The van der Waals surface area contributed by atoms with Crippen LogP contribution in [-0.2, 0) is 16.8 Å². The van der Waals surface area contributed by atoms with Gasteiger partial charge in [-0.05, 0) is 59.7 Å². The summed E-state index contributed by atoms with van der Waals surface area (Å²) in [4.78, 5) is 5.09. The molecular weight excluding hydrogens is 474 g/mol. The molecule has 0 N–H and O–H groups in total. The molecule has 1 fully saturated rings. The molecule has 0 amide bonds. The third-order valence-corrected chi connectivity index (χ3v) is 8.39. The molecule has 0 spiro atoms. The number of rotatable bonds is 6. The predicted octanol–water partition coefficient (Wildman–Crippen LogP) is 6.14. The molecule has 1 aromatic heterocycles. The number of halogens is 1. The fourth-order valence-electron chi connectivity index (χ4n) is 5.76. The second kappa shape index (κ2) is 10.7. The summed E-state index contributed by atoms with van der Waals surface area (Å²) >= 11 is 1.61.